The van der Waals surface area contributed by atoms with E-state index in [4.69, 9.17) is 0 Å². The molecule has 0 atom stereocenters. The van der Waals surface area contributed by atoms with Gasteiger partial charge in [0.1, 0.15) is 0 Å². The lowest BCUT2D eigenvalue weighted by atomic mass is 10.1. The molecular formula is C14H24O2. The zero-order chi connectivity index (χ0) is 12.1. The van der Waals surface area contributed by atoms with Crippen LogP contribution in [0.25, 0.3) is 0 Å². The highest BCUT2D eigenvalue weighted by Crippen LogP contribution is 2.07. The van der Waals surface area contributed by atoms with Gasteiger partial charge in [0.05, 0.1) is 6.26 Å². The Kier molecular flexibility index (Phi) is 11.2. The number of unbranched alkanes of at least 4 members (excludes halogenated alkanes) is 6. The van der Waals surface area contributed by atoms with Gasteiger partial charge in [-0.2, -0.15) is 0 Å². The topological polar surface area (TPSA) is 26.3 Å². The summed E-state index contributed by atoms with van der Waals surface area (Å²) >= 11 is 0. The quantitative estimate of drug-likeness (QED) is 0.251. The molecule has 0 aromatic rings. The van der Waals surface area contributed by atoms with Gasteiger partial charge < -0.3 is 4.74 Å². The fraction of sp³-hybridized carbons (Fsp3) is 0.643. The van der Waals surface area contributed by atoms with E-state index in [-0.39, 0.29) is 5.97 Å². The Morgan fingerprint density at radius 3 is 2.44 bits per heavy atom. The summed E-state index contributed by atoms with van der Waals surface area (Å²) in [5, 5.41) is 0. The second-order valence-corrected chi connectivity index (χ2v) is 3.92. The molecular weight excluding hydrogens is 200 g/mol. The molecule has 0 heterocycles. The minimum absolute atomic E-state index is 0.277. The Morgan fingerprint density at radius 2 is 1.75 bits per heavy atom. The molecule has 0 fully saturated rings. The van der Waals surface area contributed by atoms with Gasteiger partial charge in [0.25, 0.3) is 0 Å². The molecule has 0 bridgehead atoms. The van der Waals surface area contributed by atoms with Gasteiger partial charge in [-0.05, 0) is 18.9 Å². The fourth-order valence-corrected chi connectivity index (χ4v) is 1.40. The summed E-state index contributed by atoms with van der Waals surface area (Å²) in [7, 11) is 0. The van der Waals surface area contributed by atoms with E-state index in [0.717, 1.165) is 6.42 Å². The molecule has 2 heteroatoms. The van der Waals surface area contributed by atoms with Gasteiger partial charge in [0.2, 0.25) is 0 Å². The average molecular weight is 224 g/mol. The van der Waals surface area contributed by atoms with Gasteiger partial charge >= 0.3 is 5.97 Å². The van der Waals surface area contributed by atoms with Gasteiger partial charge in [-0.3, -0.25) is 4.79 Å². The van der Waals surface area contributed by atoms with Crippen molar-refractivity contribution < 1.29 is 9.53 Å². The largest absolute Gasteiger partial charge is 0.435 e. The maximum absolute atomic E-state index is 10.4. The van der Waals surface area contributed by atoms with Gasteiger partial charge in [0.15, 0.2) is 0 Å². The molecule has 92 valence electrons. The van der Waals surface area contributed by atoms with E-state index in [0.29, 0.717) is 0 Å². The first kappa shape index (κ1) is 14.9. The first-order chi connectivity index (χ1) is 7.77. The molecule has 2 nitrogen and oxygen atoms in total. The lowest BCUT2D eigenvalue weighted by Gasteiger charge is -1.97. The van der Waals surface area contributed by atoms with E-state index >= 15 is 0 Å². The van der Waals surface area contributed by atoms with Gasteiger partial charge in [-0.15, -0.1) is 0 Å². The number of allylic oxidation sites excluding steroid dienone is 3. The number of hydrogen-bond acceptors (Lipinski definition) is 2. The Bertz CT molecular complexity index is 217. The van der Waals surface area contributed by atoms with Crippen molar-refractivity contribution in [3.05, 3.63) is 24.5 Å². The van der Waals surface area contributed by atoms with Crippen molar-refractivity contribution in [1.29, 1.82) is 0 Å². The van der Waals surface area contributed by atoms with E-state index in [9.17, 15) is 4.79 Å². The predicted molar refractivity (Wildman–Crippen MR) is 68.0 cm³/mol. The monoisotopic (exact) mass is 224 g/mol. The van der Waals surface area contributed by atoms with Crippen LogP contribution in [0, 0.1) is 0 Å². The van der Waals surface area contributed by atoms with Crippen LogP contribution in [0.1, 0.15) is 58.8 Å². The summed E-state index contributed by atoms with van der Waals surface area (Å²) in [5.74, 6) is -0.277. The number of ether oxygens (including phenoxy) is 1. The van der Waals surface area contributed by atoms with Crippen LogP contribution in [-0.2, 0) is 9.53 Å². The highest BCUT2D eigenvalue weighted by molar-refractivity contribution is 5.66. The second-order valence-electron chi connectivity index (χ2n) is 3.92. The van der Waals surface area contributed by atoms with Crippen LogP contribution < -0.4 is 0 Å². The third-order valence-electron chi connectivity index (χ3n) is 2.28. The highest BCUT2D eigenvalue weighted by Gasteiger charge is 1.87. The van der Waals surface area contributed by atoms with E-state index in [1.54, 1.807) is 6.08 Å². The summed E-state index contributed by atoms with van der Waals surface area (Å²) in [5.41, 5.74) is 0. The number of rotatable bonds is 9. The molecule has 0 radical (unpaired) electrons. The Labute approximate surface area is 99.4 Å². The number of carbonyl (C=O) groups excluding carboxylic acids is 1. The third kappa shape index (κ3) is 12.9. The minimum Gasteiger partial charge on any atom is -0.435 e. The van der Waals surface area contributed by atoms with Crippen molar-refractivity contribution in [3.63, 3.8) is 0 Å². The molecule has 16 heavy (non-hydrogen) atoms. The Hall–Kier alpha value is -1.05. The zero-order valence-electron chi connectivity index (χ0n) is 10.6. The molecule has 0 aromatic heterocycles. The summed E-state index contributed by atoms with van der Waals surface area (Å²) in [6.07, 6.45) is 16.3. The molecule has 0 aliphatic heterocycles. The van der Waals surface area contributed by atoms with Crippen LogP contribution >= 0.6 is 0 Å². The van der Waals surface area contributed by atoms with Crippen LogP contribution in [0.5, 0.6) is 0 Å². The first-order valence-electron chi connectivity index (χ1n) is 6.26. The molecule has 0 aromatic carbocycles. The van der Waals surface area contributed by atoms with E-state index in [1.165, 1.54) is 51.7 Å². The van der Waals surface area contributed by atoms with E-state index < -0.39 is 0 Å². The van der Waals surface area contributed by atoms with Crippen molar-refractivity contribution in [1.82, 2.24) is 0 Å². The fourth-order valence-electron chi connectivity index (χ4n) is 1.40. The molecule has 0 aliphatic rings. The summed E-state index contributed by atoms with van der Waals surface area (Å²) in [6, 6.07) is 0. The molecule has 0 aliphatic carbocycles. The van der Waals surface area contributed by atoms with Gasteiger partial charge in [-0.25, -0.2) is 0 Å². The second kappa shape index (κ2) is 12.0. The molecule has 0 saturated carbocycles. The van der Waals surface area contributed by atoms with Crippen LogP contribution in [0.4, 0.5) is 0 Å². The third-order valence-corrected chi connectivity index (χ3v) is 2.28. The average Bonchev–Trinajstić information content (AvgIpc) is 2.25. The van der Waals surface area contributed by atoms with E-state index in [2.05, 4.69) is 17.7 Å². The maximum atomic E-state index is 10.4. The standard InChI is InChI=1S/C14H24O2/c1-3-4-5-6-7-8-9-10-11-12-13-16-14(2)15/h10-13H,3-9H2,1-2H3/b11-10-,13-12-. The maximum Gasteiger partial charge on any atom is 0.307 e. The summed E-state index contributed by atoms with van der Waals surface area (Å²) < 4.78 is 4.64. The smallest absolute Gasteiger partial charge is 0.307 e. The summed E-state index contributed by atoms with van der Waals surface area (Å²) in [4.78, 5) is 10.4. The summed E-state index contributed by atoms with van der Waals surface area (Å²) in [6.45, 7) is 3.63. The molecule has 0 spiro atoms. The van der Waals surface area contributed by atoms with Crippen molar-refractivity contribution in [3.8, 4) is 0 Å². The Morgan fingerprint density at radius 1 is 1.06 bits per heavy atom. The lowest BCUT2D eigenvalue weighted by molar-refractivity contribution is -0.135. The van der Waals surface area contributed by atoms with Crippen LogP contribution in [0.3, 0.4) is 0 Å². The van der Waals surface area contributed by atoms with Crippen LogP contribution in [-0.4, -0.2) is 5.97 Å². The molecule has 0 N–H and O–H groups in total. The van der Waals surface area contributed by atoms with Crippen LogP contribution in [0.15, 0.2) is 24.5 Å². The number of hydrogen-bond donors (Lipinski definition) is 0. The molecule has 0 rings (SSSR count). The van der Waals surface area contributed by atoms with Crippen LogP contribution in [0.2, 0.25) is 0 Å². The Balaban J connectivity index is 3.21. The highest BCUT2D eigenvalue weighted by atomic mass is 16.5. The lowest BCUT2D eigenvalue weighted by Crippen LogP contribution is -1.88. The minimum atomic E-state index is -0.277. The number of esters is 1. The molecule has 0 unspecified atom stereocenters. The van der Waals surface area contributed by atoms with Crippen molar-refractivity contribution in [2.75, 3.05) is 0 Å². The van der Waals surface area contributed by atoms with Gasteiger partial charge in [0, 0.05) is 6.92 Å². The zero-order valence-corrected chi connectivity index (χ0v) is 10.6. The van der Waals surface area contributed by atoms with Gasteiger partial charge in [-0.1, -0.05) is 51.2 Å². The van der Waals surface area contributed by atoms with Crippen molar-refractivity contribution >= 4 is 5.97 Å². The molecule has 0 amide bonds. The predicted octanol–water partition coefficient (Wildman–Crippen LogP) is 4.37. The first-order valence-corrected chi connectivity index (χ1v) is 6.26. The SMILES string of the molecule is CCCCCCCC/C=C\C=C/OC(C)=O. The normalized spacial score (nSPS) is 11.4. The number of carbonyl (C=O) groups is 1. The molecule has 0 saturated heterocycles. The van der Waals surface area contributed by atoms with Crippen molar-refractivity contribution in [2.45, 2.75) is 58.8 Å². The van der Waals surface area contributed by atoms with Crippen molar-refractivity contribution in [2.24, 2.45) is 0 Å². The van der Waals surface area contributed by atoms with E-state index in [1.807, 2.05) is 6.08 Å².